The summed E-state index contributed by atoms with van der Waals surface area (Å²) in [6.45, 7) is 1.77. The number of hydrogen-bond acceptors (Lipinski definition) is 5. The number of H-pyrrole nitrogens is 1. The first kappa shape index (κ1) is 13.7. The maximum atomic E-state index is 12.3. The predicted molar refractivity (Wildman–Crippen MR) is 86.6 cm³/mol. The van der Waals surface area contributed by atoms with Crippen LogP contribution in [-0.4, -0.2) is 24.9 Å². The van der Waals surface area contributed by atoms with Crippen molar-refractivity contribution in [2.45, 2.75) is 17.2 Å². The summed E-state index contributed by atoms with van der Waals surface area (Å²) in [7, 11) is -3.56. The average Bonchev–Trinajstić information content (AvgIpc) is 3.14. The van der Waals surface area contributed by atoms with Crippen molar-refractivity contribution in [3.63, 3.8) is 0 Å². The van der Waals surface area contributed by atoms with Gasteiger partial charge in [-0.2, -0.15) is 0 Å². The minimum absolute atomic E-state index is 0.216. The Kier molecular flexibility index (Phi) is 3.17. The molecule has 1 aliphatic heterocycles. The summed E-state index contributed by atoms with van der Waals surface area (Å²) in [5.74, 6) is 0. The number of benzene rings is 1. The molecule has 3 heterocycles. The first-order chi connectivity index (χ1) is 10.6. The second kappa shape index (κ2) is 5.08. The lowest BCUT2D eigenvalue weighted by Gasteiger charge is -2.12. The van der Waals surface area contributed by atoms with E-state index in [1.807, 2.05) is 12.1 Å². The van der Waals surface area contributed by atoms with Crippen LogP contribution in [0.1, 0.15) is 11.3 Å². The van der Waals surface area contributed by atoms with Crippen molar-refractivity contribution in [3.05, 3.63) is 41.2 Å². The summed E-state index contributed by atoms with van der Waals surface area (Å²) in [4.78, 5) is 7.20. The van der Waals surface area contributed by atoms with Gasteiger partial charge < -0.3 is 10.3 Å². The van der Waals surface area contributed by atoms with Crippen LogP contribution in [0.4, 0.5) is 5.69 Å². The van der Waals surface area contributed by atoms with E-state index in [1.165, 1.54) is 23.0 Å². The van der Waals surface area contributed by atoms with Gasteiger partial charge in [0.2, 0.25) is 0 Å². The van der Waals surface area contributed by atoms with Gasteiger partial charge in [0.05, 0.1) is 11.7 Å². The maximum absolute atomic E-state index is 12.3. The highest BCUT2D eigenvalue weighted by molar-refractivity contribution is 7.94. The molecule has 0 amide bonds. The van der Waals surface area contributed by atoms with E-state index in [0.29, 0.717) is 5.69 Å². The fraction of sp³-hybridized carbons (Fsp3) is 0.214. The number of fused-ring (bicyclic) bond motifs is 3. The number of nitrogens with zero attached hydrogens (tertiary/aromatic N) is 1. The molecule has 0 unspecified atom stereocenters. The molecule has 0 spiro atoms. The number of sulfonamides is 1. The van der Waals surface area contributed by atoms with Gasteiger partial charge in [0, 0.05) is 28.8 Å². The molecule has 0 saturated heterocycles. The van der Waals surface area contributed by atoms with E-state index in [-0.39, 0.29) is 4.21 Å². The third-order valence-corrected chi connectivity index (χ3v) is 6.43. The topological polar surface area (TPSA) is 86.9 Å². The van der Waals surface area contributed by atoms with Gasteiger partial charge in [-0.25, -0.2) is 8.42 Å². The molecule has 0 saturated carbocycles. The molecule has 0 radical (unpaired) electrons. The van der Waals surface area contributed by atoms with Crippen LogP contribution in [-0.2, 0) is 23.0 Å². The van der Waals surface area contributed by atoms with Gasteiger partial charge in [0.15, 0.2) is 4.21 Å². The lowest BCUT2D eigenvalue weighted by atomic mass is 10.0. The van der Waals surface area contributed by atoms with Crippen LogP contribution in [0.2, 0.25) is 0 Å². The van der Waals surface area contributed by atoms with Crippen molar-refractivity contribution in [1.82, 2.24) is 15.3 Å². The summed E-state index contributed by atoms with van der Waals surface area (Å²) < 4.78 is 27.4. The number of aromatic amines is 1. The normalized spacial score (nSPS) is 14.9. The number of hydrogen-bond donors (Lipinski definition) is 3. The van der Waals surface area contributed by atoms with E-state index in [9.17, 15) is 8.42 Å². The Balaban J connectivity index is 1.74. The monoisotopic (exact) mass is 334 g/mol. The van der Waals surface area contributed by atoms with Gasteiger partial charge in [-0.1, -0.05) is 0 Å². The van der Waals surface area contributed by atoms with Crippen molar-refractivity contribution in [2.24, 2.45) is 0 Å². The maximum Gasteiger partial charge on any atom is 0.273 e. The molecule has 1 aliphatic rings. The average molecular weight is 334 g/mol. The Labute approximate surface area is 131 Å². The van der Waals surface area contributed by atoms with Crippen LogP contribution in [0.5, 0.6) is 0 Å². The van der Waals surface area contributed by atoms with Crippen LogP contribution >= 0.6 is 11.3 Å². The standard InChI is InChI=1S/C14H14N4O2S2/c19-22(20,14-7-16-8-21-14)18-9-1-2-12-11(5-9)10-3-4-15-6-13(10)17-12/h1-2,5,7-8,15,17-18H,3-4,6H2. The molecule has 22 heavy (non-hydrogen) atoms. The zero-order valence-corrected chi connectivity index (χ0v) is 13.2. The Bertz CT molecular complexity index is 929. The molecule has 1 aromatic carbocycles. The highest BCUT2D eigenvalue weighted by Crippen LogP contribution is 2.28. The Hall–Kier alpha value is -1.90. The molecular formula is C14H14N4O2S2. The fourth-order valence-electron chi connectivity index (χ4n) is 2.77. The summed E-state index contributed by atoms with van der Waals surface area (Å²) in [6.07, 6.45) is 2.30. The quantitative estimate of drug-likeness (QED) is 0.684. The molecule has 0 fully saturated rings. The molecule has 4 rings (SSSR count). The Morgan fingerprint density at radius 1 is 1.32 bits per heavy atom. The highest BCUT2D eigenvalue weighted by Gasteiger charge is 2.18. The van der Waals surface area contributed by atoms with E-state index in [1.54, 1.807) is 6.07 Å². The second-order valence-corrected chi connectivity index (χ2v) is 7.99. The number of aromatic nitrogens is 2. The smallest absolute Gasteiger partial charge is 0.273 e. The van der Waals surface area contributed by atoms with Crippen molar-refractivity contribution < 1.29 is 8.42 Å². The summed E-state index contributed by atoms with van der Waals surface area (Å²) >= 11 is 1.10. The fourth-order valence-corrected chi connectivity index (χ4v) is 4.62. The van der Waals surface area contributed by atoms with Gasteiger partial charge in [-0.15, -0.1) is 11.3 Å². The van der Waals surface area contributed by atoms with Crippen molar-refractivity contribution >= 4 is 38.0 Å². The first-order valence-electron chi connectivity index (χ1n) is 6.89. The zero-order valence-electron chi connectivity index (χ0n) is 11.6. The lowest BCUT2D eigenvalue weighted by molar-refractivity contribution is 0.603. The summed E-state index contributed by atoms with van der Waals surface area (Å²) in [6, 6.07) is 5.59. The van der Waals surface area contributed by atoms with Crippen molar-refractivity contribution in [1.29, 1.82) is 0 Å². The SMILES string of the molecule is O=S(=O)(Nc1ccc2[nH]c3c(c2c1)CCNC3)c1cncs1. The highest BCUT2D eigenvalue weighted by atomic mass is 32.2. The first-order valence-corrected chi connectivity index (χ1v) is 9.25. The Morgan fingerprint density at radius 3 is 3.05 bits per heavy atom. The van der Waals surface area contributed by atoms with E-state index >= 15 is 0 Å². The third kappa shape index (κ3) is 2.29. The van der Waals surface area contributed by atoms with Crippen LogP contribution < -0.4 is 10.0 Å². The second-order valence-electron chi connectivity index (χ2n) is 5.20. The third-order valence-electron chi connectivity index (χ3n) is 3.77. The van der Waals surface area contributed by atoms with Gasteiger partial charge >= 0.3 is 0 Å². The van der Waals surface area contributed by atoms with Crippen LogP contribution in [0.25, 0.3) is 10.9 Å². The predicted octanol–water partition coefficient (Wildman–Crippen LogP) is 2.07. The van der Waals surface area contributed by atoms with Crippen LogP contribution in [0.3, 0.4) is 0 Å². The van der Waals surface area contributed by atoms with Crippen molar-refractivity contribution in [2.75, 3.05) is 11.3 Å². The van der Waals surface area contributed by atoms with Crippen LogP contribution in [0, 0.1) is 0 Å². The summed E-state index contributed by atoms with van der Waals surface area (Å²) in [5.41, 5.74) is 5.57. The van der Waals surface area contributed by atoms with E-state index in [2.05, 4.69) is 20.0 Å². The molecule has 0 atom stereocenters. The number of thiazole rings is 1. The lowest BCUT2D eigenvalue weighted by Crippen LogP contribution is -2.23. The van der Waals surface area contributed by atoms with Gasteiger partial charge in [0.1, 0.15) is 0 Å². The number of rotatable bonds is 3. The molecule has 2 aromatic heterocycles. The summed E-state index contributed by atoms with van der Waals surface area (Å²) in [5, 5.41) is 4.41. The van der Waals surface area contributed by atoms with E-state index in [4.69, 9.17) is 0 Å². The molecule has 6 nitrogen and oxygen atoms in total. The van der Waals surface area contributed by atoms with E-state index in [0.717, 1.165) is 41.8 Å². The minimum atomic E-state index is -3.56. The van der Waals surface area contributed by atoms with E-state index < -0.39 is 10.0 Å². The van der Waals surface area contributed by atoms with Gasteiger partial charge in [-0.05, 0) is 36.7 Å². The molecule has 114 valence electrons. The van der Waals surface area contributed by atoms with Gasteiger partial charge in [0.25, 0.3) is 10.0 Å². The number of nitrogens with one attached hydrogen (secondary N) is 3. The minimum Gasteiger partial charge on any atom is -0.357 e. The molecule has 0 bridgehead atoms. The molecular weight excluding hydrogens is 320 g/mol. The molecule has 0 aliphatic carbocycles. The van der Waals surface area contributed by atoms with Crippen LogP contribution in [0.15, 0.2) is 34.1 Å². The Morgan fingerprint density at radius 2 is 2.23 bits per heavy atom. The van der Waals surface area contributed by atoms with Crippen molar-refractivity contribution in [3.8, 4) is 0 Å². The molecule has 3 aromatic rings. The molecule has 3 N–H and O–H groups in total. The number of anilines is 1. The zero-order chi connectivity index (χ0) is 15.2. The molecule has 8 heteroatoms. The largest absolute Gasteiger partial charge is 0.357 e. The van der Waals surface area contributed by atoms with Gasteiger partial charge in [-0.3, -0.25) is 9.71 Å².